The second-order valence-corrected chi connectivity index (χ2v) is 7.25. The number of benzene rings is 1. The van der Waals surface area contributed by atoms with Gasteiger partial charge >= 0.3 is 0 Å². The summed E-state index contributed by atoms with van der Waals surface area (Å²) in [4.78, 5) is 36.1. The van der Waals surface area contributed by atoms with Crippen LogP contribution in [-0.4, -0.2) is 30.3 Å². The number of nitrogens with two attached hydrogens (primary N) is 1. The number of hydrazine groups is 1. The number of rotatable bonds is 5. The van der Waals surface area contributed by atoms with Crippen LogP contribution in [0.15, 0.2) is 16.6 Å². The number of halogens is 2. The van der Waals surface area contributed by atoms with Gasteiger partial charge in [-0.1, -0.05) is 11.6 Å². The van der Waals surface area contributed by atoms with E-state index < -0.39 is 11.9 Å². The Hall–Kier alpha value is -1.64. The van der Waals surface area contributed by atoms with Gasteiger partial charge in [0.05, 0.1) is 17.7 Å². The largest absolute Gasteiger partial charge is 0.368 e. The summed E-state index contributed by atoms with van der Waals surface area (Å²) in [5.74, 6) is -0.781. The molecule has 1 saturated carbocycles. The van der Waals surface area contributed by atoms with Crippen LogP contribution in [0.25, 0.3) is 0 Å². The highest BCUT2D eigenvalue weighted by Gasteiger charge is 2.36. The van der Waals surface area contributed by atoms with Crippen molar-refractivity contribution in [3.63, 3.8) is 0 Å². The molecule has 3 rings (SSSR count). The van der Waals surface area contributed by atoms with Crippen LogP contribution in [0.1, 0.15) is 29.6 Å². The second-order valence-electron chi connectivity index (χ2n) is 5.95. The molecule has 1 saturated heterocycles. The van der Waals surface area contributed by atoms with Crippen LogP contribution >= 0.6 is 27.5 Å². The quantitative estimate of drug-likeness (QED) is 0.675. The van der Waals surface area contributed by atoms with Crippen molar-refractivity contribution < 1.29 is 14.4 Å². The van der Waals surface area contributed by atoms with E-state index in [-0.39, 0.29) is 23.8 Å². The maximum absolute atomic E-state index is 12.5. The van der Waals surface area contributed by atoms with Crippen LogP contribution in [0.4, 0.5) is 5.69 Å². The molecule has 0 aromatic heterocycles. The molecule has 24 heavy (non-hydrogen) atoms. The van der Waals surface area contributed by atoms with Gasteiger partial charge in [0.15, 0.2) is 0 Å². The molecule has 1 atom stereocenters. The first-order valence-electron chi connectivity index (χ1n) is 7.52. The number of hydrogen-bond acceptors (Lipinski definition) is 4. The molecule has 1 unspecified atom stereocenters. The molecule has 9 heteroatoms. The Balaban J connectivity index is 1.92. The molecule has 7 nitrogen and oxygen atoms in total. The Morgan fingerprint density at radius 2 is 2.12 bits per heavy atom. The van der Waals surface area contributed by atoms with E-state index in [2.05, 4.69) is 26.7 Å². The molecular weight excluding hydrogens is 400 g/mol. The van der Waals surface area contributed by atoms with Crippen molar-refractivity contribution in [2.45, 2.75) is 25.3 Å². The second kappa shape index (κ2) is 6.70. The minimum absolute atomic E-state index is 0.0620. The zero-order valence-corrected chi connectivity index (χ0v) is 15.0. The monoisotopic (exact) mass is 414 g/mol. The van der Waals surface area contributed by atoms with E-state index in [9.17, 15) is 14.4 Å². The third-order valence-electron chi connectivity index (χ3n) is 4.00. The molecule has 1 aromatic rings. The van der Waals surface area contributed by atoms with E-state index in [1.807, 2.05) is 0 Å². The summed E-state index contributed by atoms with van der Waals surface area (Å²) in [7, 11) is 0. The number of nitrogens with zero attached hydrogens (tertiary/aromatic N) is 1. The lowest BCUT2D eigenvalue weighted by Crippen LogP contribution is -2.44. The van der Waals surface area contributed by atoms with Crippen molar-refractivity contribution in [3.8, 4) is 0 Å². The average Bonchev–Trinajstić information content (AvgIpc) is 3.26. The zero-order chi connectivity index (χ0) is 17.4. The van der Waals surface area contributed by atoms with Crippen molar-refractivity contribution in [1.82, 2.24) is 10.7 Å². The number of hydrogen-bond donors (Lipinski definition) is 3. The SMILES string of the molecule is NC(=O)C1CC(=O)N(c2c(Br)cc(Cl)cc2C(=O)NCC2CC2)N1. The van der Waals surface area contributed by atoms with Gasteiger partial charge in [-0.25, -0.2) is 10.4 Å². The van der Waals surface area contributed by atoms with Gasteiger partial charge in [-0.05, 0) is 46.8 Å². The number of carbonyl (C=O) groups is 3. The van der Waals surface area contributed by atoms with Crippen LogP contribution in [0.5, 0.6) is 0 Å². The number of amides is 3. The normalized spacial score (nSPS) is 20.3. The summed E-state index contributed by atoms with van der Waals surface area (Å²) in [6.45, 7) is 0.591. The fourth-order valence-electron chi connectivity index (χ4n) is 2.51. The lowest BCUT2D eigenvalue weighted by Gasteiger charge is -2.22. The molecule has 1 aromatic carbocycles. The van der Waals surface area contributed by atoms with E-state index >= 15 is 0 Å². The van der Waals surface area contributed by atoms with Gasteiger partial charge in [0.25, 0.3) is 5.91 Å². The lowest BCUT2D eigenvalue weighted by molar-refractivity contribution is -0.121. The van der Waals surface area contributed by atoms with Crippen molar-refractivity contribution in [1.29, 1.82) is 0 Å². The highest BCUT2D eigenvalue weighted by atomic mass is 79.9. The molecule has 0 radical (unpaired) electrons. The third kappa shape index (κ3) is 3.55. The van der Waals surface area contributed by atoms with E-state index in [0.717, 1.165) is 12.8 Å². The fraction of sp³-hybridized carbons (Fsp3) is 0.400. The van der Waals surface area contributed by atoms with E-state index in [1.165, 1.54) is 11.1 Å². The van der Waals surface area contributed by atoms with Gasteiger partial charge in [-0.2, -0.15) is 0 Å². The minimum atomic E-state index is -0.803. The first-order valence-corrected chi connectivity index (χ1v) is 8.69. The van der Waals surface area contributed by atoms with Gasteiger partial charge in [0.1, 0.15) is 6.04 Å². The molecule has 2 fully saturated rings. The predicted octanol–water partition coefficient (Wildman–Crippen LogP) is 1.34. The minimum Gasteiger partial charge on any atom is -0.368 e. The molecule has 1 aliphatic heterocycles. The van der Waals surface area contributed by atoms with E-state index in [0.29, 0.717) is 27.6 Å². The van der Waals surface area contributed by atoms with Crippen molar-refractivity contribution in [2.24, 2.45) is 11.7 Å². The summed E-state index contributed by atoms with van der Waals surface area (Å²) in [5.41, 5.74) is 8.57. The molecule has 0 bridgehead atoms. The topological polar surface area (TPSA) is 105 Å². The zero-order valence-electron chi connectivity index (χ0n) is 12.6. The third-order valence-corrected chi connectivity index (χ3v) is 4.82. The molecule has 4 N–H and O–H groups in total. The van der Waals surface area contributed by atoms with Gasteiger partial charge < -0.3 is 11.1 Å². The Bertz CT molecular complexity index is 723. The smallest absolute Gasteiger partial charge is 0.253 e. The Kier molecular flexibility index (Phi) is 4.80. The average molecular weight is 416 g/mol. The number of primary amides is 1. The van der Waals surface area contributed by atoms with E-state index in [4.69, 9.17) is 17.3 Å². The van der Waals surface area contributed by atoms with Gasteiger partial charge in [0, 0.05) is 16.0 Å². The van der Waals surface area contributed by atoms with Crippen LogP contribution in [0.2, 0.25) is 5.02 Å². The molecule has 2 aliphatic rings. The highest BCUT2D eigenvalue weighted by molar-refractivity contribution is 9.10. The molecular formula is C15H16BrClN4O3. The Morgan fingerprint density at radius 1 is 1.42 bits per heavy atom. The Morgan fingerprint density at radius 3 is 2.71 bits per heavy atom. The summed E-state index contributed by atoms with van der Waals surface area (Å²) in [6.07, 6.45) is 2.16. The summed E-state index contributed by atoms with van der Waals surface area (Å²) in [5, 5.41) is 4.40. The van der Waals surface area contributed by atoms with Crippen molar-refractivity contribution in [3.05, 3.63) is 27.2 Å². The van der Waals surface area contributed by atoms with Crippen LogP contribution in [0.3, 0.4) is 0 Å². The van der Waals surface area contributed by atoms with Crippen LogP contribution < -0.4 is 21.5 Å². The fourth-order valence-corrected chi connectivity index (χ4v) is 3.50. The summed E-state index contributed by atoms with van der Waals surface area (Å²) < 4.78 is 0.470. The molecule has 128 valence electrons. The molecule has 1 aliphatic carbocycles. The van der Waals surface area contributed by atoms with Crippen LogP contribution in [0, 0.1) is 5.92 Å². The maximum Gasteiger partial charge on any atom is 0.253 e. The van der Waals surface area contributed by atoms with Crippen molar-refractivity contribution >= 4 is 50.9 Å². The van der Waals surface area contributed by atoms with Gasteiger partial charge in [0.2, 0.25) is 11.8 Å². The summed E-state index contributed by atoms with van der Waals surface area (Å²) >= 11 is 9.39. The molecule has 3 amide bonds. The predicted molar refractivity (Wildman–Crippen MR) is 92.4 cm³/mol. The van der Waals surface area contributed by atoms with Gasteiger partial charge in [-0.15, -0.1) is 0 Å². The highest BCUT2D eigenvalue weighted by Crippen LogP contribution is 2.35. The Labute approximate surface area is 152 Å². The van der Waals surface area contributed by atoms with Crippen molar-refractivity contribution in [2.75, 3.05) is 11.6 Å². The van der Waals surface area contributed by atoms with E-state index in [1.54, 1.807) is 6.07 Å². The first kappa shape index (κ1) is 17.2. The standard InChI is InChI=1S/C15H16BrClN4O3/c16-10-4-8(17)3-9(15(24)19-6-7-1-2-7)13(10)21-12(22)5-11(20-21)14(18)23/h3-4,7,11,20H,1-2,5-6H2,(H2,18,23)(H,19,24). The molecule has 0 spiro atoms. The number of carbonyl (C=O) groups excluding carboxylic acids is 3. The lowest BCUT2D eigenvalue weighted by atomic mass is 10.1. The molecule has 1 heterocycles. The maximum atomic E-state index is 12.5. The summed E-state index contributed by atoms with van der Waals surface area (Å²) in [6, 6.07) is 2.28. The first-order chi connectivity index (χ1) is 11.4. The van der Waals surface area contributed by atoms with Crippen LogP contribution in [-0.2, 0) is 9.59 Å². The number of anilines is 1. The number of nitrogens with one attached hydrogen (secondary N) is 2. The van der Waals surface area contributed by atoms with Gasteiger partial charge in [-0.3, -0.25) is 14.4 Å².